The van der Waals surface area contributed by atoms with Crippen molar-refractivity contribution >= 4 is 21.1 Å². The third-order valence-electron chi connectivity index (χ3n) is 4.10. The fourth-order valence-electron chi connectivity index (χ4n) is 2.92. The number of nitrogens with two attached hydrogens (primary N) is 1. The van der Waals surface area contributed by atoms with Crippen molar-refractivity contribution in [3.8, 4) is 0 Å². The summed E-state index contributed by atoms with van der Waals surface area (Å²) in [5.41, 5.74) is 5.91. The van der Waals surface area contributed by atoms with Crippen LogP contribution in [0.3, 0.4) is 0 Å². The van der Waals surface area contributed by atoms with Gasteiger partial charge in [-0.1, -0.05) is 12.8 Å². The molecule has 1 aliphatic rings. The topological polar surface area (TPSA) is 121 Å². The van der Waals surface area contributed by atoms with Gasteiger partial charge in [-0.05, 0) is 31.0 Å². The van der Waals surface area contributed by atoms with Gasteiger partial charge in [-0.3, -0.25) is 0 Å². The van der Waals surface area contributed by atoms with E-state index in [1.807, 2.05) is 0 Å². The van der Waals surface area contributed by atoms with Gasteiger partial charge in [-0.25, -0.2) is 17.9 Å². The summed E-state index contributed by atoms with van der Waals surface area (Å²) in [6, 6.07) is 4.51. The second-order valence-corrected chi connectivity index (χ2v) is 7.27. The second-order valence-electron chi connectivity index (χ2n) is 5.58. The number of nitrogens with one attached hydrogen (secondary N) is 3. The Hall–Kier alpha value is -1.64. The fourth-order valence-corrected chi connectivity index (χ4v) is 4.42. The van der Waals surface area contributed by atoms with E-state index in [-0.39, 0.29) is 17.1 Å². The van der Waals surface area contributed by atoms with Gasteiger partial charge < -0.3 is 15.7 Å². The maximum atomic E-state index is 12.5. The molecule has 7 nitrogen and oxygen atoms in total. The van der Waals surface area contributed by atoms with Crippen molar-refractivity contribution in [2.75, 3.05) is 6.54 Å². The fraction of sp³-hybridized carbons (Fsp3) is 0.462. The first-order chi connectivity index (χ1) is 9.94. The number of rotatable bonds is 4. The molecule has 0 unspecified atom stereocenters. The van der Waals surface area contributed by atoms with Crippen molar-refractivity contribution in [3.05, 3.63) is 28.7 Å². The lowest BCUT2D eigenvalue weighted by Gasteiger charge is -2.28. The first-order valence-electron chi connectivity index (χ1n) is 6.90. The van der Waals surface area contributed by atoms with E-state index < -0.39 is 15.6 Å². The molecule has 0 bridgehead atoms. The summed E-state index contributed by atoms with van der Waals surface area (Å²) in [6.45, 7) is 0.287. The molecule has 0 aliphatic heterocycles. The Morgan fingerprint density at radius 2 is 1.86 bits per heavy atom. The maximum Gasteiger partial charge on any atom is 0.323 e. The van der Waals surface area contributed by atoms with Gasteiger partial charge in [0.05, 0.1) is 15.9 Å². The molecule has 21 heavy (non-hydrogen) atoms. The highest BCUT2D eigenvalue weighted by Crippen LogP contribution is 2.30. The molecule has 0 radical (unpaired) electrons. The number of sulfonamides is 1. The third kappa shape index (κ3) is 2.61. The number of aromatic amines is 2. The van der Waals surface area contributed by atoms with E-state index >= 15 is 0 Å². The third-order valence-corrected chi connectivity index (χ3v) is 5.68. The highest BCUT2D eigenvalue weighted by atomic mass is 32.2. The lowest BCUT2D eigenvalue weighted by atomic mass is 10.0. The summed E-state index contributed by atoms with van der Waals surface area (Å²) in [5.74, 6) is 0. The molecule has 5 N–H and O–H groups in total. The number of hydrogen-bond donors (Lipinski definition) is 4. The minimum Gasteiger partial charge on any atom is -0.329 e. The van der Waals surface area contributed by atoms with Crippen molar-refractivity contribution in [2.45, 2.75) is 36.1 Å². The maximum absolute atomic E-state index is 12.5. The van der Waals surface area contributed by atoms with Gasteiger partial charge in [0.2, 0.25) is 10.0 Å². The molecule has 8 heteroatoms. The van der Waals surface area contributed by atoms with Gasteiger partial charge in [0.15, 0.2) is 0 Å². The number of H-pyrrole nitrogens is 2. The van der Waals surface area contributed by atoms with Gasteiger partial charge in [-0.15, -0.1) is 0 Å². The molecule has 1 aliphatic carbocycles. The molecule has 1 aromatic heterocycles. The SMILES string of the molecule is NCC1(NS(=O)(=O)c2ccc3[nH]c(=O)[nH]c3c2)CCCC1. The van der Waals surface area contributed by atoms with Crippen LogP contribution in [-0.2, 0) is 10.0 Å². The Labute approximate surface area is 122 Å². The Balaban J connectivity index is 1.97. The molecular weight excluding hydrogens is 292 g/mol. The van der Waals surface area contributed by atoms with Crippen LogP contribution in [0.5, 0.6) is 0 Å². The van der Waals surface area contributed by atoms with Crippen LogP contribution in [0.25, 0.3) is 11.0 Å². The van der Waals surface area contributed by atoms with E-state index in [0.29, 0.717) is 11.0 Å². The monoisotopic (exact) mass is 310 g/mol. The molecule has 0 spiro atoms. The second kappa shape index (κ2) is 4.97. The Kier molecular flexibility index (Phi) is 3.39. The van der Waals surface area contributed by atoms with Crippen molar-refractivity contribution < 1.29 is 8.42 Å². The molecule has 0 saturated heterocycles. The summed E-state index contributed by atoms with van der Waals surface area (Å²) < 4.78 is 27.8. The summed E-state index contributed by atoms with van der Waals surface area (Å²) >= 11 is 0. The molecule has 1 fully saturated rings. The van der Waals surface area contributed by atoms with Gasteiger partial charge in [-0.2, -0.15) is 0 Å². The normalized spacial score (nSPS) is 18.3. The van der Waals surface area contributed by atoms with Crippen LogP contribution >= 0.6 is 0 Å². The minimum atomic E-state index is -3.66. The summed E-state index contributed by atoms with van der Waals surface area (Å²) in [7, 11) is -3.66. The van der Waals surface area contributed by atoms with Crippen molar-refractivity contribution in [3.63, 3.8) is 0 Å². The van der Waals surface area contributed by atoms with Crippen LogP contribution in [0.1, 0.15) is 25.7 Å². The van der Waals surface area contributed by atoms with E-state index in [1.165, 1.54) is 12.1 Å². The average Bonchev–Trinajstić information content (AvgIpc) is 3.03. The van der Waals surface area contributed by atoms with E-state index in [9.17, 15) is 13.2 Å². The lowest BCUT2D eigenvalue weighted by Crippen LogP contribution is -2.51. The number of imidazole rings is 1. The van der Waals surface area contributed by atoms with E-state index in [2.05, 4.69) is 14.7 Å². The molecular formula is C13H18N4O3S. The Morgan fingerprint density at radius 1 is 1.19 bits per heavy atom. The number of hydrogen-bond acceptors (Lipinski definition) is 4. The predicted octanol–water partition coefficient (Wildman–Crippen LogP) is 0.406. The largest absolute Gasteiger partial charge is 0.329 e. The molecule has 0 atom stereocenters. The minimum absolute atomic E-state index is 0.130. The van der Waals surface area contributed by atoms with Gasteiger partial charge >= 0.3 is 5.69 Å². The summed E-state index contributed by atoms with van der Waals surface area (Å²) in [6.07, 6.45) is 3.46. The smallest absolute Gasteiger partial charge is 0.323 e. The summed E-state index contributed by atoms with van der Waals surface area (Å²) in [5, 5.41) is 0. The zero-order valence-electron chi connectivity index (χ0n) is 11.5. The molecule has 1 saturated carbocycles. The number of aromatic nitrogens is 2. The molecule has 3 rings (SSSR count). The van der Waals surface area contributed by atoms with E-state index in [0.717, 1.165) is 25.7 Å². The van der Waals surface area contributed by atoms with Crippen LogP contribution in [-0.4, -0.2) is 30.5 Å². The van der Waals surface area contributed by atoms with E-state index in [4.69, 9.17) is 5.73 Å². The van der Waals surface area contributed by atoms with Crippen molar-refractivity contribution in [2.24, 2.45) is 5.73 Å². The van der Waals surface area contributed by atoms with Crippen LogP contribution in [0, 0.1) is 0 Å². The first kappa shape index (κ1) is 14.3. The van der Waals surface area contributed by atoms with Gasteiger partial charge in [0, 0.05) is 12.1 Å². The van der Waals surface area contributed by atoms with Crippen molar-refractivity contribution in [1.29, 1.82) is 0 Å². The Bertz CT molecular complexity index is 815. The highest BCUT2D eigenvalue weighted by Gasteiger charge is 2.36. The standard InChI is InChI=1S/C13H18N4O3S/c14-8-13(5-1-2-6-13)17-21(19,20)9-3-4-10-11(7-9)16-12(18)15-10/h3-4,7,17H,1-2,5-6,8,14H2,(H2,15,16,18). The van der Waals surface area contributed by atoms with Crippen LogP contribution in [0.15, 0.2) is 27.9 Å². The summed E-state index contributed by atoms with van der Waals surface area (Å²) in [4.78, 5) is 16.5. The van der Waals surface area contributed by atoms with Gasteiger partial charge in [0.25, 0.3) is 0 Å². The Morgan fingerprint density at radius 3 is 2.52 bits per heavy atom. The number of fused-ring (bicyclic) bond motifs is 1. The van der Waals surface area contributed by atoms with Gasteiger partial charge in [0.1, 0.15) is 0 Å². The molecule has 1 heterocycles. The van der Waals surface area contributed by atoms with E-state index in [1.54, 1.807) is 6.07 Å². The molecule has 1 aromatic carbocycles. The highest BCUT2D eigenvalue weighted by molar-refractivity contribution is 7.89. The molecule has 114 valence electrons. The van der Waals surface area contributed by atoms with Crippen LogP contribution in [0.2, 0.25) is 0 Å². The lowest BCUT2D eigenvalue weighted by molar-refractivity contribution is 0.399. The quantitative estimate of drug-likeness (QED) is 0.653. The molecule has 0 amide bonds. The van der Waals surface area contributed by atoms with Crippen molar-refractivity contribution in [1.82, 2.24) is 14.7 Å². The number of benzene rings is 1. The first-order valence-corrected chi connectivity index (χ1v) is 8.39. The zero-order chi connectivity index (χ0) is 15.1. The molecule has 2 aromatic rings. The van der Waals surface area contributed by atoms with Crippen LogP contribution in [0.4, 0.5) is 0 Å². The zero-order valence-corrected chi connectivity index (χ0v) is 12.3. The average molecular weight is 310 g/mol. The van der Waals surface area contributed by atoms with Crippen LogP contribution < -0.4 is 16.1 Å². The predicted molar refractivity (Wildman–Crippen MR) is 79.5 cm³/mol.